The van der Waals surface area contributed by atoms with Crippen LogP contribution < -0.4 is 10.5 Å². The van der Waals surface area contributed by atoms with Crippen molar-refractivity contribution in [3.05, 3.63) is 17.1 Å². The van der Waals surface area contributed by atoms with E-state index in [1.807, 2.05) is 6.92 Å². The van der Waals surface area contributed by atoms with Gasteiger partial charge in [-0.3, -0.25) is 0 Å². The molecular weight excluding hydrogens is 280 g/mol. The third-order valence-electron chi connectivity index (χ3n) is 3.77. The number of furan rings is 1. The summed E-state index contributed by atoms with van der Waals surface area (Å²) in [4.78, 5) is 0.185. The molecule has 0 bridgehead atoms. The Labute approximate surface area is 119 Å². The minimum Gasteiger partial charge on any atom is -0.465 e. The summed E-state index contributed by atoms with van der Waals surface area (Å²) in [5.41, 5.74) is 5.72. The summed E-state index contributed by atoms with van der Waals surface area (Å²) in [5.74, 6) is 0.939. The Balaban J connectivity index is 2.36. The van der Waals surface area contributed by atoms with E-state index in [0.717, 1.165) is 0 Å². The highest BCUT2D eigenvalue weighted by molar-refractivity contribution is 7.89. The van der Waals surface area contributed by atoms with Crippen LogP contribution in [-0.2, 0) is 21.3 Å². The smallest absolute Gasteiger partial charge is 0.244 e. The Kier molecular flexibility index (Phi) is 4.24. The van der Waals surface area contributed by atoms with Crippen LogP contribution in [0.4, 0.5) is 0 Å². The standard InChI is InChI=1S/C13H22N2O4S/c1-9-11(8-14)12(10(2)19-9)20(16,17)15-13(3)4-6-18-7-5-13/h15H,4-8,14H2,1-3H3. The minimum absolute atomic E-state index is 0.138. The summed E-state index contributed by atoms with van der Waals surface area (Å²) >= 11 is 0. The summed E-state index contributed by atoms with van der Waals surface area (Å²) in [6, 6.07) is 0. The molecule has 2 heterocycles. The van der Waals surface area contributed by atoms with Crippen molar-refractivity contribution in [2.24, 2.45) is 5.73 Å². The van der Waals surface area contributed by atoms with E-state index < -0.39 is 15.6 Å². The van der Waals surface area contributed by atoms with Crippen molar-refractivity contribution in [3.63, 3.8) is 0 Å². The molecule has 0 amide bonds. The van der Waals surface area contributed by atoms with Gasteiger partial charge in [0.25, 0.3) is 0 Å². The molecule has 1 aromatic rings. The van der Waals surface area contributed by atoms with Crippen molar-refractivity contribution < 1.29 is 17.6 Å². The summed E-state index contributed by atoms with van der Waals surface area (Å²) in [5, 5.41) is 0. The van der Waals surface area contributed by atoms with Crippen LogP contribution in [-0.4, -0.2) is 27.2 Å². The van der Waals surface area contributed by atoms with Gasteiger partial charge in [-0.2, -0.15) is 0 Å². The van der Waals surface area contributed by atoms with E-state index in [9.17, 15) is 8.42 Å². The number of sulfonamides is 1. The lowest BCUT2D eigenvalue weighted by Gasteiger charge is -2.34. The van der Waals surface area contributed by atoms with Gasteiger partial charge >= 0.3 is 0 Å². The van der Waals surface area contributed by atoms with E-state index in [2.05, 4.69) is 4.72 Å². The van der Waals surface area contributed by atoms with E-state index in [0.29, 0.717) is 43.1 Å². The minimum atomic E-state index is -3.65. The van der Waals surface area contributed by atoms with E-state index in [-0.39, 0.29) is 11.4 Å². The lowest BCUT2D eigenvalue weighted by molar-refractivity contribution is 0.0537. The maximum absolute atomic E-state index is 12.7. The van der Waals surface area contributed by atoms with Crippen LogP contribution in [0.5, 0.6) is 0 Å². The molecule has 20 heavy (non-hydrogen) atoms. The lowest BCUT2D eigenvalue weighted by atomic mass is 9.94. The van der Waals surface area contributed by atoms with Crippen LogP contribution in [0.1, 0.15) is 36.8 Å². The van der Waals surface area contributed by atoms with Gasteiger partial charge in [0.2, 0.25) is 10.0 Å². The monoisotopic (exact) mass is 302 g/mol. The van der Waals surface area contributed by atoms with Crippen molar-refractivity contribution in [1.29, 1.82) is 0 Å². The summed E-state index contributed by atoms with van der Waals surface area (Å²) in [6.45, 7) is 6.53. The van der Waals surface area contributed by atoms with Gasteiger partial charge in [0, 0.05) is 30.9 Å². The lowest BCUT2D eigenvalue weighted by Crippen LogP contribution is -2.49. The molecule has 0 spiro atoms. The normalized spacial score (nSPS) is 19.2. The van der Waals surface area contributed by atoms with Crippen LogP contribution >= 0.6 is 0 Å². The van der Waals surface area contributed by atoms with E-state index in [1.54, 1.807) is 13.8 Å². The fraction of sp³-hybridized carbons (Fsp3) is 0.692. The van der Waals surface area contributed by atoms with Gasteiger partial charge in [0.05, 0.1) is 0 Å². The number of rotatable bonds is 4. The molecule has 0 aliphatic carbocycles. The number of aryl methyl sites for hydroxylation is 2. The van der Waals surface area contributed by atoms with Crippen molar-refractivity contribution in [3.8, 4) is 0 Å². The average molecular weight is 302 g/mol. The van der Waals surface area contributed by atoms with E-state index in [4.69, 9.17) is 14.9 Å². The molecule has 0 aromatic carbocycles. The molecule has 1 saturated heterocycles. The molecule has 6 nitrogen and oxygen atoms in total. The second-order valence-electron chi connectivity index (χ2n) is 5.50. The third-order valence-corrected chi connectivity index (χ3v) is 5.61. The first kappa shape index (κ1) is 15.5. The molecule has 3 N–H and O–H groups in total. The zero-order valence-electron chi connectivity index (χ0n) is 12.2. The van der Waals surface area contributed by atoms with Gasteiger partial charge in [-0.25, -0.2) is 13.1 Å². The van der Waals surface area contributed by atoms with Crippen molar-refractivity contribution >= 4 is 10.0 Å². The topological polar surface area (TPSA) is 94.6 Å². The number of hydrogen-bond donors (Lipinski definition) is 2. The van der Waals surface area contributed by atoms with Gasteiger partial charge in [0.15, 0.2) is 0 Å². The fourth-order valence-corrected chi connectivity index (χ4v) is 4.52. The van der Waals surface area contributed by atoms with Gasteiger partial charge in [-0.15, -0.1) is 0 Å². The highest BCUT2D eigenvalue weighted by Crippen LogP contribution is 2.29. The highest BCUT2D eigenvalue weighted by Gasteiger charge is 2.35. The molecule has 1 fully saturated rings. The summed E-state index contributed by atoms with van der Waals surface area (Å²) in [7, 11) is -3.65. The largest absolute Gasteiger partial charge is 0.465 e. The molecular formula is C13H22N2O4S. The van der Waals surface area contributed by atoms with Crippen molar-refractivity contribution in [1.82, 2.24) is 4.72 Å². The molecule has 1 aliphatic rings. The molecule has 0 saturated carbocycles. The van der Waals surface area contributed by atoms with Crippen molar-refractivity contribution in [2.45, 2.75) is 50.6 Å². The Bertz CT molecular complexity index is 586. The highest BCUT2D eigenvalue weighted by atomic mass is 32.2. The first-order valence-electron chi connectivity index (χ1n) is 6.70. The zero-order chi connectivity index (χ0) is 15.0. The Morgan fingerprint density at radius 1 is 1.25 bits per heavy atom. The van der Waals surface area contributed by atoms with Crippen LogP contribution in [0.15, 0.2) is 9.31 Å². The molecule has 0 radical (unpaired) electrons. The fourth-order valence-electron chi connectivity index (χ4n) is 2.60. The molecule has 0 unspecified atom stereocenters. The molecule has 2 rings (SSSR count). The SMILES string of the molecule is Cc1oc(C)c(S(=O)(=O)NC2(C)CCOCC2)c1CN. The summed E-state index contributed by atoms with van der Waals surface area (Å²) < 4.78 is 38.8. The predicted octanol–water partition coefficient (Wildman–Crippen LogP) is 1.20. The second-order valence-corrected chi connectivity index (χ2v) is 7.12. The third kappa shape index (κ3) is 2.90. The Hall–Kier alpha value is -0.890. The molecule has 114 valence electrons. The van der Waals surface area contributed by atoms with Gasteiger partial charge in [-0.1, -0.05) is 0 Å². The first-order valence-corrected chi connectivity index (χ1v) is 8.18. The molecule has 0 atom stereocenters. The average Bonchev–Trinajstić information content (AvgIpc) is 2.63. The van der Waals surface area contributed by atoms with Crippen LogP contribution in [0.25, 0.3) is 0 Å². The van der Waals surface area contributed by atoms with Crippen LogP contribution in [0, 0.1) is 13.8 Å². The zero-order valence-corrected chi connectivity index (χ0v) is 13.0. The van der Waals surface area contributed by atoms with Gasteiger partial charge in [0.1, 0.15) is 16.4 Å². The molecule has 1 aliphatic heterocycles. The Morgan fingerprint density at radius 3 is 2.40 bits per heavy atom. The first-order chi connectivity index (χ1) is 9.29. The predicted molar refractivity (Wildman–Crippen MR) is 74.9 cm³/mol. The number of nitrogens with one attached hydrogen (secondary N) is 1. The van der Waals surface area contributed by atoms with Crippen LogP contribution in [0.2, 0.25) is 0 Å². The van der Waals surface area contributed by atoms with Crippen molar-refractivity contribution in [2.75, 3.05) is 13.2 Å². The number of ether oxygens (including phenoxy) is 1. The van der Waals surface area contributed by atoms with E-state index in [1.165, 1.54) is 0 Å². The van der Waals surface area contributed by atoms with E-state index >= 15 is 0 Å². The van der Waals surface area contributed by atoms with Crippen LogP contribution in [0.3, 0.4) is 0 Å². The Morgan fingerprint density at radius 2 is 1.85 bits per heavy atom. The quantitative estimate of drug-likeness (QED) is 0.871. The van der Waals surface area contributed by atoms with Gasteiger partial charge in [-0.05, 0) is 33.6 Å². The molecule has 7 heteroatoms. The summed E-state index contributed by atoms with van der Waals surface area (Å²) in [6.07, 6.45) is 1.31. The second kappa shape index (κ2) is 5.48. The maximum Gasteiger partial charge on any atom is 0.244 e. The maximum atomic E-state index is 12.7. The molecule has 1 aromatic heterocycles. The number of nitrogens with two attached hydrogens (primary N) is 1. The van der Waals surface area contributed by atoms with Gasteiger partial charge < -0.3 is 14.9 Å². The number of hydrogen-bond acceptors (Lipinski definition) is 5.